The van der Waals surface area contributed by atoms with Crippen LogP contribution in [-0.2, 0) is 58.1 Å². The molecule has 0 unspecified atom stereocenters. The fourth-order valence-corrected chi connectivity index (χ4v) is 11.7. The fourth-order valence-electron chi connectivity index (χ4n) is 9.98. The van der Waals surface area contributed by atoms with Crippen LogP contribution in [0.1, 0.15) is 77.3 Å². The largest absolute Gasteiger partial charge is 0.508 e. The number of esters is 1. The van der Waals surface area contributed by atoms with Crippen LogP contribution < -0.4 is 10.7 Å². The van der Waals surface area contributed by atoms with E-state index in [1.165, 1.54) is 32.4 Å². The molecule has 0 radical (unpaired) electrons. The third-order valence-electron chi connectivity index (χ3n) is 13.7. The molecule has 17 nitrogen and oxygen atoms in total. The zero-order valence-electron chi connectivity index (χ0n) is 40.4. The predicted molar refractivity (Wildman–Crippen MR) is 257 cm³/mol. The Balaban J connectivity index is 1.17. The van der Waals surface area contributed by atoms with E-state index >= 15 is 0 Å². The number of aromatic hydroxyl groups is 1. The van der Waals surface area contributed by atoms with Crippen LogP contribution in [0.2, 0.25) is 0 Å². The van der Waals surface area contributed by atoms with Gasteiger partial charge >= 0.3 is 5.97 Å². The first-order valence-electron chi connectivity index (χ1n) is 23.5. The van der Waals surface area contributed by atoms with Crippen LogP contribution in [0.25, 0.3) is 33.3 Å². The highest BCUT2D eigenvalue weighted by molar-refractivity contribution is 7.93. The van der Waals surface area contributed by atoms with Crippen molar-refractivity contribution in [3.05, 3.63) is 82.8 Å². The van der Waals surface area contributed by atoms with Crippen molar-refractivity contribution >= 4 is 44.6 Å². The molecule has 0 aliphatic carbocycles. The quantitative estimate of drug-likeness (QED) is 0.172. The second kappa shape index (κ2) is 18.9. The minimum absolute atomic E-state index is 0.00919. The van der Waals surface area contributed by atoms with Crippen molar-refractivity contribution in [2.45, 2.75) is 98.0 Å². The first-order chi connectivity index (χ1) is 32.2. The third kappa shape index (κ3) is 9.47. The van der Waals surface area contributed by atoms with Gasteiger partial charge in [0.2, 0.25) is 11.8 Å². The highest BCUT2D eigenvalue weighted by Crippen LogP contribution is 2.42. The number of benzene rings is 2. The van der Waals surface area contributed by atoms with Gasteiger partial charge in [0.15, 0.2) is 5.03 Å². The van der Waals surface area contributed by atoms with Gasteiger partial charge in [0, 0.05) is 88.1 Å². The Morgan fingerprint density at radius 1 is 1.09 bits per heavy atom. The van der Waals surface area contributed by atoms with E-state index in [2.05, 4.69) is 54.3 Å². The molecule has 8 rings (SSSR count). The number of methoxy groups -OCH3 is 1. The summed E-state index contributed by atoms with van der Waals surface area (Å²) < 4.78 is 41.2. The first-order valence-corrected chi connectivity index (χ1v) is 24.9. The summed E-state index contributed by atoms with van der Waals surface area (Å²) in [5, 5.41) is 16.8. The molecule has 4 aliphatic heterocycles. The van der Waals surface area contributed by atoms with Crippen molar-refractivity contribution in [2.75, 3.05) is 47.4 Å². The Labute approximate surface area is 398 Å². The average molecular weight is 953 g/mol. The number of phenols is 1. The molecular formula is C50H64N8O9S. The second-order valence-corrected chi connectivity index (χ2v) is 21.7. The Morgan fingerprint density at radius 3 is 2.50 bits per heavy atom. The molecule has 2 aromatic carbocycles. The number of nitrogens with one attached hydrogen (secondary N) is 2. The standard InChI is InChI=1S/C50H64N8O9S/c1-10-57-41-16-15-32-23-37(41)38(45(57)36-13-11-17-51-43(36)30(4)66-9)24-50(5,6)28-67-49(63)39-14-12-18-58(53-39)48(62)40(21-31-19-33(32)22-35(59)20-31)52-46(60)44(29(2)3)55(8)47(61)34-25-56(26-34)68(64,65)42-27-54(42)7/h11,13,15-17,19-20,22-23,27,29-30,34,39-40,44,53,59H,10,12,14,18,21,24-26,28H2,1-9H3,(H,52,60)/t30-,39-,40-,44-,54?/m0/s1. The van der Waals surface area contributed by atoms with Crippen molar-refractivity contribution in [1.82, 2.24) is 39.4 Å². The molecule has 6 heterocycles. The molecule has 4 aliphatic rings. The lowest BCUT2D eigenvalue weighted by Gasteiger charge is -2.41. The summed E-state index contributed by atoms with van der Waals surface area (Å²) in [5.41, 5.74) is 9.39. The van der Waals surface area contributed by atoms with E-state index in [0.717, 1.165) is 39.0 Å². The number of ether oxygens (including phenoxy) is 2. The monoisotopic (exact) mass is 952 g/mol. The van der Waals surface area contributed by atoms with Gasteiger partial charge < -0.3 is 34.3 Å². The maximum Gasteiger partial charge on any atom is 0.324 e. The maximum absolute atomic E-state index is 14.7. The molecule has 2 aromatic heterocycles. The summed E-state index contributed by atoms with van der Waals surface area (Å²) in [6.45, 7) is 12.8. The molecule has 0 saturated carbocycles. The van der Waals surface area contributed by atoms with Gasteiger partial charge in [-0.05, 0) is 97.7 Å². The highest BCUT2D eigenvalue weighted by Gasteiger charge is 2.47. The molecule has 4 aromatic rings. The van der Waals surface area contributed by atoms with Crippen LogP contribution in [0.3, 0.4) is 0 Å². The van der Waals surface area contributed by atoms with E-state index in [1.807, 2.05) is 25.1 Å². The Morgan fingerprint density at radius 2 is 1.82 bits per heavy atom. The van der Waals surface area contributed by atoms with E-state index in [0.29, 0.717) is 36.9 Å². The van der Waals surface area contributed by atoms with Gasteiger partial charge in [-0.2, -0.15) is 4.31 Å². The molecule has 2 saturated heterocycles. The number of carbonyl (C=O) groups is 4. The molecule has 3 amide bonds. The number of fused-ring (bicyclic) bond motifs is 6. The Kier molecular flexibility index (Phi) is 13.5. The van der Waals surface area contributed by atoms with E-state index < -0.39 is 63.2 Å². The zero-order valence-corrected chi connectivity index (χ0v) is 41.2. The van der Waals surface area contributed by atoms with E-state index in [-0.39, 0.29) is 55.5 Å². The molecule has 6 bridgehead atoms. The number of pyridine rings is 1. The summed E-state index contributed by atoms with van der Waals surface area (Å²) in [6.07, 6.45) is 4.38. The summed E-state index contributed by atoms with van der Waals surface area (Å²) in [7, 11) is 1.14. The molecule has 2 fully saturated rings. The zero-order chi connectivity index (χ0) is 49.0. The number of hydrazine groups is 1. The summed E-state index contributed by atoms with van der Waals surface area (Å²) >= 11 is 0. The molecule has 68 heavy (non-hydrogen) atoms. The van der Waals surface area contributed by atoms with Crippen LogP contribution in [0.4, 0.5) is 0 Å². The number of rotatable bonds is 11. The number of carbonyl (C=O) groups excluding carboxylic acids is 4. The topological polar surface area (TPSA) is 196 Å². The Hall–Kier alpha value is -5.82. The Bertz CT molecular complexity index is 2780. The number of nitrogens with zero attached hydrogens (tertiary/aromatic N) is 6. The molecular weight excluding hydrogens is 889 g/mol. The smallest absolute Gasteiger partial charge is 0.324 e. The third-order valence-corrected chi connectivity index (χ3v) is 15.6. The molecule has 4 atom stereocenters. The number of sulfonamides is 1. The number of aryl methyl sites for hydroxylation is 1. The van der Waals surface area contributed by atoms with E-state index in [1.54, 1.807) is 46.3 Å². The lowest BCUT2D eigenvalue weighted by Crippen LogP contribution is -2.63. The number of likely N-dealkylation sites (N-methyl/N-ethyl adjacent to an activating group) is 1. The first kappa shape index (κ1) is 48.6. The van der Waals surface area contributed by atoms with Crippen molar-refractivity contribution in [1.29, 1.82) is 0 Å². The maximum atomic E-state index is 14.7. The molecule has 0 spiro atoms. The average Bonchev–Trinajstić information content (AvgIpc) is 3.97. The second-order valence-electron chi connectivity index (χ2n) is 19.8. The SMILES string of the molecule is CCn1c(-c2cccnc2[C@H](C)OC)c2c3cc(ccc31)-c1cc(O)cc(c1)C[C@H](NC(=O)[C@H](C(C)C)N(C)C(=O)C1CN(S(=O)(=O)C3=CN3C)C1)C(=O)N1CCC[C@H](N1)C(=O)OCC(C)(C)C2. The lowest BCUT2D eigenvalue weighted by atomic mass is 9.84. The van der Waals surface area contributed by atoms with Crippen LogP contribution in [0.5, 0.6) is 5.75 Å². The van der Waals surface area contributed by atoms with Gasteiger partial charge in [-0.25, -0.2) is 13.8 Å². The van der Waals surface area contributed by atoms with Crippen LogP contribution in [0.15, 0.2) is 66.0 Å². The van der Waals surface area contributed by atoms with Crippen molar-refractivity contribution in [3.63, 3.8) is 0 Å². The number of hydrogen-bond donors (Lipinski definition) is 3. The van der Waals surface area contributed by atoms with Gasteiger partial charge in [-0.3, -0.25) is 29.2 Å². The van der Waals surface area contributed by atoms with Crippen LogP contribution >= 0.6 is 0 Å². The van der Waals surface area contributed by atoms with Crippen LogP contribution in [0, 0.1) is 17.3 Å². The number of amides is 3. The number of phenolic OH excluding ortho intramolecular Hbond substituents is 1. The van der Waals surface area contributed by atoms with Crippen LogP contribution in [-0.4, -0.2) is 131 Å². The van der Waals surface area contributed by atoms with E-state index in [9.17, 15) is 32.7 Å². The van der Waals surface area contributed by atoms with Gasteiger partial charge in [0.25, 0.3) is 15.9 Å². The minimum atomic E-state index is -3.69. The summed E-state index contributed by atoms with van der Waals surface area (Å²) in [6, 6.07) is 12.3. The highest BCUT2D eigenvalue weighted by atomic mass is 32.2. The van der Waals surface area contributed by atoms with Crippen molar-refractivity contribution in [3.8, 4) is 28.1 Å². The van der Waals surface area contributed by atoms with Gasteiger partial charge in [-0.15, -0.1) is 0 Å². The number of cyclic esters (lactones) is 1. The minimum Gasteiger partial charge on any atom is -0.508 e. The van der Waals surface area contributed by atoms with Crippen molar-refractivity contribution < 1.29 is 42.2 Å². The molecule has 364 valence electrons. The van der Waals surface area contributed by atoms with Crippen molar-refractivity contribution in [2.24, 2.45) is 17.3 Å². The summed E-state index contributed by atoms with van der Waals surface area (Å²) in [5.74, 6) is -3.04. The number of hydrogen-bond acceptors (Lipinski definition) is 12. The number of aromatic nitrogens is 2. The molecule has 18 heteroatoms. The van der Waals surface area contributed by atoms with E-state index in [4.69, 9.17) is 14.5 Å². The summed E-state index contributed by atoms with van der Waals surface area (Å²) in [4.78, 5) is 64.7. The predicted octanol–water partition coefficient (Wildman–Crippen LogP) is 4.94. The van der Waals surface area contributed by atoms with Gasteiger partial charge in [0.05, 0.1) is 30.0 Å². The normalized spacial score (nSPS) is 21.1. The lowest BCUT2D eigenvalue weighted by molar-refractivity contribution is -0.155. The van der Waals surface area contributed by atoms with Gasteiger partial charge in [0.1, 0.15) is 23.9 Å². The fraction of sp³-hybridized carbons (Fsp3) is 0.500. The molecule has 3 N–H and O–H groups in total. The van der Waals surface area contributed by atoms with Gasteiger partial charge in [-0.1, -0.05) is 39.8 Å².